The van der Waals surface area contributed by atoms with Crippen molar-refractivity contribution < 1.29 is 14.3 Å². The highest BCUT2D eigenvalue weighted by atomic mass is 16.5. The Bertz CT molecular complexity index is 842. The number of hydrogen-bond donors (Lipinski definition) is 0. The number of fused-ring (bicyclic) bond motifs is 1. The second-order valence-electron chi connectivity index (χ2n) is 5.64. The number of amides is 1. The third kappa shape index (κ3) is 2.58. The van der Waals surface area contributed by atoms with E-state index in [1.807, 2.05) is 43.3 Å². The van der Waals surface area contributed by atoms with Gasteiger partial charge in [-0.15, -0.1) is 0 Å². The van der Waals surface area contributed by atoms with Crippen LogP contribution in [-0.2, 0) is 9.53 Å². The molecule has 1 heterocycles. The first-order valence-electron chi connectivity index (χ1n) is 7.69. The van der Waals surface area contributed by atoms with Gasteiger partial charge in [0, 0.05) is 5.56 Å². The highest BCUT2D eigenvalue weighted by molar-refractivity contribution is 6.25. The fourth-order valence-electron chi connectivity index (χ4n) is 2.77. The first kappa shape index (κ1) is 15.9. The van der Waals surface area contributed by atoms with Gasteiger partial charge < -0.3 is 4.74 Å². The molecule has 0 N–H and O–H groups in total. The van der Waals surface area contributed by atoms with Gasteiger partial charge in [0.1, 0.15) is 11.9 Å². The first-order valence-corrected chi connectivity index (χ1v) is 7.69. The second-order valence-corrected chi connectivity index (χ2v) is 5.64. The number of carbonyl (C=O) groups excluding carboxylic acids is 2. The lowest BCUT2D eigenvalue weighted by Crippen LogP contribution is -2.43. The number of hydrogen-bond acceptors (Lipinski definition) is 4. The lowest BCUT2D eigenvalue weighted by Gasteiger charge is -2.23. The zero-order valence-electron chi connectivity index (χ0n) is 13.8. The number of aliphatic imine (C=N–C) groups is 1. The minimum atomic E-state index is -0.752. The summed E-state index contributed by atoms with van der Waals surface area (Å²) in [5.41, 5.74) is 3.02. The number of amidine groups is 1. The quantitative estimate of drug-likeness (QED) is 0.816. The van der Waals surface area contributed by atoms with Gasteiger partial charge in [-0.2, -0.15) is 0 Å². The molecule has 2 aromatic rings. The van der Waals surface area contributed by atoms with Crippen LogP contribution >= 0.6 is 0 Å². The Labute approximate surface area is 140 Å². The van der Waals surface area contributed by atoms with Crippen LogP contribution in [0.5, 0.6) is 0 Å². The lowest BCUT2D eigenvalue weighted by atomic mass is 10.1. The molecule has 3 rings (SSSR count). The Balaban J connectivity index is 2.16. The van der Waals surface area contributed by atoms with Crippen molar-refractivity contribution in [3.05, 3.63) is 65.2 Å². The maximum absolute atomic E-state index is 12.8. The lowest BCUT2D eigenvalue weighted by molar-refractivity contribution is -0.144. The molecule has 5 heteroatoms. The molecule has 0 saturated heterocycles. The molecule has 1 unspecified atom stereocenters. The Morgan fingerprint density at radius 1 is 1.08 bits per heavy atom. The summed E-state index contributed by atoms with van der Waals surface area (Å²) in [7, 11) is 1.31. The number of methoxy groups -OCH3 is 1. The maximum Gasteiger partial charge on any atom is 0.328 e. The van der Waals surface area contributed by atoms with Crippen LogP contribution in [0, 0.1) is 6.92 Å². The molecule has 5 nitrogen and oxygen atoms in total. The molecule has 24 heavy (non-hydrogen) atoms. The average Bonchev–Trinajstić information content (AvgIpc) is 2.88. The molecular weight excluding hydrogens is 304 g/mol. The van der Waals surface area contributed by atoms with Crippen molar-refractivity contribution in [2.45, 2.75) is 19.9 Å². The monoisotopic (exact) mass is 322 g/mol. The zero-order chi connectivity index (χ0) is 17.3. The third-order valence-corrected chi connectivity index (χ3v) is 4.12. The fraction of sp³-hybridized carbons (Fsp3) is 0.211. The predicted octanol–water partition coefficient (Wildman–Crippen LogP) is 3.09. The number of para-hydroxylation sites is 1. The number of ether oxygens (including phenoxy) is 1. The van der Waals surface area contributed by atoms with Gasteiger partial charge in [-0.05, 0) is 31.5 Å². The van der Waals surface area contributed by atoms with Crippen LogP contribution < -0.4 is 0 Å². The van der Waals surface area contributed by atoms with Crippen LogP contribution in [0.4, 0.5) is 5.69 Å². The van der Waals surface area contributed by atoms with E-state index in [9.17, 15) is 9.59 Å². The number of carbonyl (C=O) groups is 2. The van der Waals surface area contributed by atoms with E-state index in [-0.39, 0.29) is 5.91 Å². The van der Waals surface area contributed by atoms with Gasteiger partial charge in [0.05, 0.1) is 18.4 Å². The van der Waals surface area contributed by atoms with Crippen LogP contribution in [0.25, 0.3) is 0 Å². The summed E-state index contributed by atoms with van der Waals surface area (Å²) in [6.07, 6.45) is 0. The average molecular weight is 322 g/mol. The molecule has 0 fully saturated rings. The van der Waals surface area contributed by atoms with Gasteiger partial charge in [-0.1, -0.05) is 36.4 Å². The molecule has 0 bridgehead atoms. The summed E-state index contributed by atoms with van der Waals surface area (Å²) in [5.74, 6) is -0.243. The predicted molar refractivity (Wildman–Crippen MR) is 91.5 cm³/mol. The van der Waals surface area contributed by atoms with Crippen molar-refractivity contribution >= 4 is 23.4 Å². The van der Waals surface area contributed by atoms with E-state index in [4.69, 9.17) is 4.74 Å². The molecule has 0 aromatic heterocycles. The molecule has 1 amide bonds. The SMILES string of the molecule is COC(=O)C(C)N1C(=O)c2ccccc2C1=Nc1ccccc1C. The summed E-state index contributed by atoms with van der Waals surface area (Å²) in [5, 5.41) is 0. The molecule has 1 atom stereocenters. The van der Waals surface area contributed by atoms with E-state index in [1.165, 1.54) is 12.0 Å². The highest BCUT2D eigenvalue weighted by Gasteiger charge is 2.39. The van der Waals surface area contributed by atoms with Crippen LogP contribution in [0.15, 0.2) is 53.5 Å². The number of esters is 1. The normalized spacial score (nSPS) is 16.2. The van der Waals surface area contributed by atoms with E-state index < -0.39 is 12.0 Å². The van der Waals surface area contributed by atoms with E-state index in [2.05, 4.69) is 4.99 Å². The van der Waals surface area contributed by atoms with Gasteiger partial charge in [-0.25, -0.2) is 9.79 Å². The van der Waals surface area contributed by atoms with Gasteiger partial charge >= 0.3 is 5.97 Å². The summed E-state index contributed by atoms with van der Waals surface area (Å²) in [4.78, 5) is 30.9. The van der Waals surface area contributed by atoms with Gasteiger partial charge in [0.2, 0.25) is 0 Å². The highest BCUT2D eigenvalue weighted by Crippen LogP contribution is 2.29. The van der Waals surface area contributed by atoms with E-state index >= 15 is 0 Å². The zero-order valence-corrected chi connectivity index (χ0v) is 13.8. The minimum Gasteiger partial charge on any atom is -0.467 e. The number of nitrogens with zero attached hydrogens (tertiary/aromatic N) is 2. The van der Waals surface area contributed by atoms with Crippen molar-refractivity contribution in [3.8, 4) is 0 Å². The topological polar surface area (TPSA) is 59.0 Å². The van der Waals surface area contributed by atoms with Crippen molar-refractivity contribution in [3.63, 3.8) is 0 Å². The summed E-state index contributed by atoms with van der Waals surface area (Å²) in [6.45, 7) is 3.60. The number of aryl methyl sites for hydroxylation is 1. The van der Waals surface area contributed by atoms with Crippen molar-refractivity contribution in [2.24, 2.45) is 4.99 Å². The summed E-state index contributed by atoms with van der Waals surface area (Å²) in [6, 6.07) is 14.1. The van der Waals surface area contributed by atoms with Crippen molar-refractivity contribution in [1.82, 2.24) is 4.90 Å². The molecule has 2 aromatic carbocycles. The Kier molecular flexibility index (Phi) is 4.16. The molecular formula is C19H18N2O3. The van der Waals surface area contributed by atoms with Gasteiger partial charge in [-0.3, -0.25) is 9.69 Å². The largest absolute Gasteiger partial charge is 0.467 e. The summed E-state index contributed by atoms with van der Waals surface area (Å²) < 4.78 is 4.81. The van der Waals surface area contributed by atoms with Crippen LogP contribution in [0.1, 0.15) is 28.4 Å². The van der Waals surface area contributed by atoms with Gasteiger partial charge in [0.15, 0.2) is 0 Å². The number of rotatable bonds is 3. The first-order chi connectivity index (χ1) is 11.5. The fourth-order valence-corrected chi connectivity index (χ4v) is 2.77. The molecule has 122 valence electrons. The number of benzene rings is 2. The Hall–Kier alpha value is -2.95. The molecule has 1 aliphatic heterocycles. The molecule has 0 radical (unpaired) electrons. The van der Waals surface area contributed by atoms with Crippen LogP contribution in [0.3, 0.4) is 0 Å². The van der Waals surface area contributed by atoms with Crippen molar-refractivity contribution in [1.29, 1.82) is 0 Å². The van der Waals surface area contributed by atoms with Crippen molar-refractivity contribution in [2.75, 3.05) is 7.11 Å². The molecule has 1 aliphatic rings. The van der Waals surface area contributed by atoms with Crippen LogP contribution in [-0.4, -0.2) is 35.8 Å². The molecule has 0 saturated carbocycles. The standard InChI is InChI=1S/C19H18N2O3/c1-12-8-4-7-11-16(12)20-17-14-9-5-6-10-15(14)18(22)21(17)13(2)19(23)24-3/h4-11,13H,1-3H3. The van der Waals surface area contributed by atoms with E-state index in [1.54, 1.807) is 19.1 Å². The van der Waals surface area contributed by atoms with E-state index in [0.717, 1.165) is 16.8 Å². The maximum atomic E-state index is 12.8. The molecule has 0 aliphatic carbocycles. The third-order valence-electron chi connectivity index (χ3n) is 4.12. The van der Waals surface area contributed by atoms with Crippen LogP contribution in [0.2, 0.25) is 0 Å². The minimum absolute atomic E-state index is 0.240. The second kappa shape index (κ2) is 6.28. The Morgan fingerprint density at radius 3 is 2.38 bits per heavy atom. The van der Waals surface area contributed by atoms with Gasteiger partial charge in [0.25, 0.3) is 5.91 Å². The van der Waals surface area contributed by atoms with E-state index in [0.29, 0.717) is 11.4 Å². The smallest absolute Gasteiger partial charge is 0.328 e. The summed E-state index contributed by atoms with van der Waals surface area (Å²) >= 11 is 0. The molecule has 0 spiro atoms. The Morgan fingerprint density at radius 2 is 1.71 bits per heavy atom.